The molecule has 1 aliphatic heterocycles. The Bertz CT molecular complexity index is 1310. The smallest absolute Gasteiger partial charge is 0.270 e. The first-order chi connectivity index (χ1) is 17.5. The Balaban J connectivity index is 1.43. The molecule has 8 heteroatoms. The molecule has 0 radical (unpaired) electrons. The summed E-state index contributed by atoms with van der Waals surface area (Å²) in [6.45, 7) is 6.78. The van der Waals surface area contributed by atoms with Crippen LogP contribution in [-0.2, 0) is 6.54 Å². The number of benzene rings is 2. The molecule has 0 aliphatic carbocycles. The van der Waals surface area contributed by atoms with E-state index in [1.807, 2.05) is 26.2 Å². The van der Waals surface area contributed by atoms with E-state index in [1.165, 1.54) is 29.0 Å². The van der Waals surface area contributed by atoms with Crippen LogP contribution in [0.15, 0.2) is 66.3 Å². The molecule has 0 bridgehead atoms. The Morgan fingerprint density at radius 2 is 1.83 bits per heavy atom. The fraction of sp³-hybridized carbons (Fsp3) is 0.321. The van der Waals surface area contributed by atoms with Crippen LogP contribution in [0, 0.1) is 5.82 Å². The maximum absolute atomic E-state index is 13.6. The third-order valence-electron chi connectivity index (χ3n) is 6.47. The van der Waals surface area contributed by atoms with Crippen molar-refractivity contribution in [1.82, 2.24) is 24.8 Å². The quantitative estimate of drug-likeness (QED) is 0.347. The molecule has 4 aromatic rings. The lowest BCUT2D eigenvalue weighted by Crippen LogP contribution is -2.34. The van der Waals surface area contributed by atoms with Gasteiger partial charge in [0.05, 0.1) is 12.0 Å². The second-order valence-corrected chi connectivity index (χ2v) is 10.4. The van der Waals surface area contributed by atoms with Crippen LogP contribution in [0.5, 0.6) is 0 Å². The molecule has 186 valence electrons. The zero-order valence-electron chi connectivity index (χ0n) is 20.5. The number of thiazole rings is 1. The molecule has 1 N–H and O–H groups in total. The van der Waals surface area contributed by atoms with Gasteiger partial charge >= 0.3 is 0 Å². The number of imidazole rings is 1. The van der Waals surface area contributed by atoms with E-state index < -0.39 is 0 Å². The SMILES string of the molecule is CC(C)NC(=O)c1csc(-c2c(-c3ccc(F)cc3)ncn2C2CCN(Cc3ccccc3)CC2)n1. The molecule has 1 fully saturated rings. The van der Waals surface area contributed by atoms with Crippen molar-refractivity contribution in [2.45, 2.75) is 45.3 Å². The van der Waals surface area contributed by atoms with E-state index in [0.717, 1.165) is 54.4 Å². The number of carbonyl (C=O) groups excluding carboxylic acids is 1. The summed E-state index contributed by atoms with van der Waals surface area (Å²) in [7, 11) is 0. The third-order valence-corrected chi connectivity index (χ3v) is 7.32. The van der Waals surface area contributed by atoms with Gasteiger partial charge in [-0.3, -0.25) is 9.69 Å². The van der Waals surface area contributed by atoms with Crippen LogP contribution in [0.25, 0.3) is 22.0 Å². The number of piperidine rings is 1. The summed E-state index contributed by atoms with van der Waals surface area (Å²) in [5.41, 5.74) is 4.20. The topological polar surface area (TPSA) is 63.1 Å². The predicted octanol–water partition coefficient (Wildman–Crippen LogP) is 5.79. The van der Waals surface area contributed by atoms with Gasteiger partial charge in [0.15, 0.2) is 0 Å². The molecule has 36 heavy (non-hydrogen) atoms. The molecular weight excluding hydrogens is 473 g/mol. The van der Waals surface area contributed by atoms with Crippen molar-refractivity contribution in [3.63, 3.8) is 0 Å². The van der Waals surface area contributed by atoms with Crippen molar-refractivity contribution in [3.05, 3.63) is 83.4 Å². The number of nitrogens with one attached hydrogen (secondary N) is 1. The summed E-state index contributed by atoms with van der Waals surface area (Å²) in [6.07, 6.45) is 3.86. The van der Waals surface area contributed by atoms with E-state index in [-0.39, 0.29) is 23.8 Å². The van der Waals surface area contributed by atoms with Crippen LogP contribution in [-0.4, -0.2) is 44.5 Å². The highest BCUT2D eigenvalue weighted by molar-refractivity contribution is 7.13. The molecule has 1 aliphatic rings. The zero-order chi connectivity index (χ0) is 25.1. The van der Waals surface area contributed by atoms with E-state index >= 15 is 0 Å². The molecule has 1 amide bonds. The number of hydrogen-bond acceptors (Lipinski definition) is 5. The number of halogens is 1. The molecule has 1 saturated heterocycles. The standard InChI is InChI=1S/C28H30FN5OS/c1-19(2)31-27(35)24-17-36-28(32-24)26-25(21-8-10-22(29)11-9-21)30-18-34(26)23-12-14-33(15-13-23)16-20-6-4-3-5-7-20/h3-11,17-19,23H,12-16H2,1-2H3,(H,31,35). The molecule has 6 nitrogen and oxygen atoms in total. The molecule has 0 unspecified atom stereocenters. The van der Waals surface area contributed by atoms with Crippen molar-refractivity contribution in [3.8, 4) is 22.0 Å². The van der Waals surface area contributed by atoms with E-state index in [2.05, 4.69) is 39.0 Å². The molecular formula is C28H30FN5OS. The lowest BCUT2D eigenvalue weighted by atomic mass is 10.0. The maximum Gasteiger partial charge on any atom is 0.270 e. The fourth-order valence-corrected chi connectivity index (χ4v) is 5.54. The van der Waals surface area contributed by atoms with Gasteiger partial charge in [-0.1, -0.05) is 30.3 Å². The van der Waals surface area contributed by atoms with E-state index in [9.17, 15) is 9.18 Å². The zero-order valence-corrected chi connectivity index (χ0v) is 21.3. The lowest BCUT2D eigenvalue weighted by molar-refractivity contribution is 0.0939. The Labute approximate surface area is 214 Å². The van der Waals surface area contributed by atoms with E-state index in [4.69, 9.17) is 9.97 Å². The van der Waals surface area contributed by atoms with Gasteiger partial charge in [-0.25, -0.2) is 14.4 Å². The predicted molar refractivity (Wildman–Crippen MR) is 141 cm³/mol. The first-order valence-electron chi connectivity index (χ1n) is 12.3. The second-order valence-electron chi connectivity index (χ2n) is 9.51. The molecule has 3 heterocycles. The summed E-state index contributed by atoms with van der Waals surface area (Å²) >= 11 is 1.44. The molecule has 2 aromatic heterocycles. The Morgan fingerprint density at radius 1 is 1.11 bits per heavy atom. The minimum Gasteiger partial charge on any atom is -0.349 e. The van der Waals surface area contributed by atoms with Gasteiger partial charge in [0.1, 0.15) is 22.2 Å². The Hall–Kier alpha value is -3.36. The number of likely N-dealkylation sites (tertiary alicyclic amines) is 1. The highest BCUT2D eigenvalue weighted by atomic mass is 32.1. The van der Waals surface area contributed by atoms with E-state index in [0.29, 0.717) is 5.69 Å². The van der Waals surface area contributed by atoms with Gasteiger partial charge < -0.3 is 9.88 Å². The maximum atomic E-state index is 13.6. The Morgan fingerprint density at radius 3 is 2.53 bits per heavy atom. The summed E-state index contributed by atoms with van der Waals surface area (Å²) in [6, 6.07) is 17.2. The van der Waals surface area contributed by atoms with Crippen molar-refractivity contribution in [2.75, 3.05) is 13.1 Å². The summed E-state index contributed by atoms with van der Waals surface area (Å²) in [4.78, 5) is 24.5. The van der Waals surface area contributed by atoms with Gasteiger partial charge in [0, 0.05) is 42.7 Å². The average Bonchev–Trinajstić information content (AvgIpc) is 3.53. The molecule has 5 rings (SSSR count). The van der Waals surface area contributed by atoms with Crippen molar-refractivity contribution in [2.24, 2.45) is 0 Å². The number of rotatable bonds is 7. The second kappa shape index (κ2) is 10.7. The first-order valence-corrected chi connectivity index (χ1v) is 13.2. The fourth-order valence-electron chi connectivity index (χ4n) is 4.69. The van der Waals surface area contributed by atoms with Crippen LogP contribution in [0.1, 0.15) is 48.8 Å². The summed E-state index contributed by atoms with van der Waals surface area (Å²) in [5.74, 6) is -0.469. The van der Waals surface area contributed by atoms with Gasteiger partial charge in [0.25, 0.3) is 5.91 Å². The monoisotopic (exact) mass is 503 g/mol. The van der Waals surface area contributed by atoms with Crippen molar-refractivity contribution < 1.29 is 9.18 Å². The molecule has 2 aromatic carbocycles. The van der Waals surface area contributed by atoms with E-state index in [1.54, 1.807) is 17.5 Å². The van der Waals surface area contributed by atoms with Gasteiger partial charge in [-0.05, 0) is 56.5 Å². The molecule has 0 saturated carbocycles. The highest BCUT2D eigenvalue weighted by Crippen LogP contribution is 2.37. The van der Waals surface area contributed by atoms with Crippen LogP contribution in [0.3, 0.4) is 0 Å². The van der Waals surface area contributed by atoms with Crippen LogP contribution >= 0.6 is 11.3 Å². The molecule has 0 atom stereocenters. The number of nitrogens with zero attached hydrogens (tertiary/aromatic N) is 4. The lowest BCUT2D eigenvalue weighted by Gasteiger charge is -2.33. The number of carbonyl (C=O) groups is 1. The summed E-state index contributed by atoms with van der Waals surface area (Å²) < 4.78 is 15.8. The normalized spacial score (nSPS) is 14.9. The van der Waals surface area contributed by atoms with Crippen LogP contribution in [0.4, 0.5) is 4.39 Å². The number of amides is 1. The van der Waals surface area contributed by atoms with Crippen molar-refractivity contribution in [1.29, 1.82) is 0 Å². The first kappa shape index (κ1) is 24.3. The van der Waals surface area contributed by atoms with Gasteiger partial charge in [0.2, 0.25) is 0 Å². The minimum absolute atomic E-state index is 0.0315. The molecule has 0 spiro atoms. The minimum atomic E-state index is -0.285. The van der Waals surface area contributed by atoms with Crippen molar-refractivity contribution >= 4 is 17.2 Å². The average molecular weight is 504 g/mol. The number of hydrogen-bond donors (Lipinski definition) is 1. The number of aromatic nitrogens is 3. The van der Waals surface area contributed by atoms with Gasteiger partial charge in [-0.15, -0.1) is 11.3 Å². The van der Waals surface area contributed by atoms with Gasteiger partial charge in [-0.2, -0.15) is 0 Å². The summed E-state index contributed by atoms with van der Waals surface area (Å²) in [5, 5.41) is 5.44. The largest absolute Gasteiger partial charge is 0.349 e. The third kappa shape index (κ3) is 5.39. The Kier molecular flexibility index (Phi) is 7.25. The highest BCUT2D eigenvalue weighted by Gasteiger charge is 2.27. The van der Waals surface area contributed by atoms with Crippen LogP contribution < -0.4 is 5.32 Å². The van der Waals surface area contributed by atoms with Crippen LogP contribution in [0.2, 0.25) is 0 Å².